The molecule has 0 aromatic carbocycles. The third-order valence-corrected chi connectivity index (χ3v) is 4.15. The standard InChI is InChI=1S/C11H12FN3O3S/c1-7-11(8(2)18-15-7)19(16,17)14-6-10-9(12)4-3-5-13-10/h3-5,14H,6H2,1-2H3. The lowest BCUT2D eigenvalue weighted by Gasteiger charge is -2.06. The van der Waals surface area contributed by atoms with Gasteiger partial charge in [-0.3, -0.25) is 4.98 Å². The fourth-order valence-electron chi connectivity index (χ4n) is 1.64. The molecule has 0 bridgehead atoms. The first kappa shape index (κ1) is 13.6. The summed E-state index contributed by atoms with van der Waals surface area (Å²) in [6.07, 6.45) is 1.39. The van der Waals surface area contributed by atoms with Gasteiger partial charge in [-0.1, -0.05) is 5.16 Å². The Kier molecular flexibility index (Phi) is 3.63. The quantitative estimate of drug-likeness (QED) is 0.915. The van der Waals surface area contributed by atoms with Crippen LogP contribution in [-0.2, 0) is 16.6 Å². The van der Waals surface area contributed by atoms with E-state index < -0.39 is 15.8 Å². The number of halogens is 1. The summed E-state index contributed by atoms with van der Waals surface area (Å²) < 4.78 is 44.5. The van der Waals surface area contributed by atoms with E-state index in [2.05, 4.69) is 14.9 Å². The van der Waals surface area contributed by atoms with Gasteiger partial charge in [0.2, 0.25) is 10.0 Å². The number of nitrogens with one attached hydrogen (secondary N) is 1. The minimum absolute atomic E-state index is 0.0242. The first-order valence-corrected chi connectivity index (χ1v) is 6.92. The van der Waals surface area contributed by atoms with E-state index in [9.17, 15) is 12.8 Å². The van der Waals surface area contributed by atoms with Gasteiger partial charge in [-0.2, -0.15) is 0 Å². The van der Waals surface area contributed by atoms with Crippen LogP contribution in [0.3, 0.4) is 0 Å². The normalized spacial score (nSPS) is 11.7. The Balaban J connectivity index is 2.22. The lowest BCUT2D eigenvalue weighted by atomic mass is 10.3. The zero-order chi connectivity index (χ0) is 14.0. The predicted molar refractivity (Wildman–Crippen MR) is 64.2 cm³/mol. The van der Waals surface area contributed by atoms with Crippen LogP contribution in [-0.4, -0.2) is 18.6 Å². The van der Waals surface area contributed by atoms with Crippen molar-refractivity contribution >= 4 is 10.0 Å². The van der Waals surface area contributed by atoms with Gasteiger partial charge in [-0.15, -0.1) is 0 Å². The molecule has 1 N–H and O–H groups in total. The number of sulfonamides is 1. The van der Waals surface area contributed by atoms with Gasteiger partial charge in [0, 0.05) is 6.20 Å². The van der Waals surface area contributed by atoms with Gasteiger partial charge >= 0.3 is 0 Å². The Morgan fingerprint density at radius 1 is 1.42 bits per heavy atom. The van der Waals surface area contributed by atoms with Gasteiger partial charge in [0.1, 0.15) is 16.4 Å². The number of hydrogen-bond acceptors (Lipinski definition) is 5. The number of nitrogens with zero attached hydrogens (tertiary/aromatic N) is 2. The van der Waals surface area contributed by atoms with Gasteiger partial charge < -0.3 is 4.52 Å². The summed E-state index contributed by atoms with van der Waals surface area (Å²) in [6, 6.07) is 2.65. The third-order valence-electron chi connectivity index (χ3n) is 2.50. The van der Waals surface area contributed by atoms with E-state index in [0.717, 1.165) is 0 Å². The van der Waals surface area contributed by atoms with E-state index in [1.54, 1.807) is 0 Å². The summed E-state index contributed by atoms with van der Waals surface area (Å²) >= 11 is 0. The van der Waals surface area contributed by atoms with Crippen molar-refractivity contribution in [3.63, 3.8) is 0 Å². The van der Waals surface area contributed by atoms with Crippen LogP contribution in [0.4, 0.5) is 4.39 Å². The van der Waals surface area contributed by atoms with Crippen LogP contribution in [0.25, 0.3) is 0 Å². The van der Waals surface area contributed by atoms with E-state index in [4.69, 9.17) is 4.52 Å². The molecule has 19 heavy (non-hydrogen) atoms. The maximum Gasteiger partial charge on any atom is 0.246 e. The van der Waals surface area contributed by atoms with Crippen LogP contribution >= 0.6 is 0 Å². The van der Waals surface area contributed by atoms with Gasteiger partial charge in [0.15, 0.2) is 5.76 Å². The highest BCUT2D eigenvalue weighted by Crippen LogP contribution is 2.18. The smallest absolute Gasteiger partial charge is 0.246 e. The Morgan fingerprint density at radius 3 is 2.74 bits per heavy atom. The van der Waals surface area contributed by atoms with E-state index in [1.807, 2.05) is 0 Å². The van der Waals surface area contributed by atoms with Crippen LogP contribution in [0.2, 0.25) is 0 Å². The van der Waals surface area contributed by atoms with Gasteiger partial charge in [-0.25, -0.2) is 17.5 Å². The number of pyridine rings is 1. The number of aryl methyl sites for hydroxylation is 2. The Bertz CT molecular complexity index is 677. The van der Waals surface area contributed by atoms with E-state index in [1.165, 1.54) is 32.2 Å². The molecule has 0 aliphatic rings. The summed E-state index contributed by atoms with van der Waals surface area (Å²) in [5.74, 6) is -0.379. The molecule has 2 aromatic rings. The van der Waals surface area contributed by atoms with E-state index >= 15 is 0 Å². The van der Waals surface area contributed by atoms with Crippen LogP contribution in [0.1, 0.15) is 17.1 Å². The minimum Gasteiger partial charge on any atom is -0.360 e. The first-order chi connectivity index (χ1) is 8.92. The fraction of sp³-hybridized carbons (Fsp3) is 0.273. The molecule has 0 fully saturated rings. The second-order valence-corrected chi connectivity index (χ2v) is 5.61. The molecule has 2 rings (SSSR count). The predicted octanol–water partition coefficient (Wildman–Crippen LogP) is 1.30. The minimum atomic E-state index is -3.81. The lowest BCUT2D eigenvalue weighted by molar-refractivity contribution is 0.390. The molecule has 0 saturated heterocycles. The average molecular weight is 285 g/mol. The van der Waals surface area contributed by atoms with Crippen molar-refractivity contribution in [1.82, 2.24) is 14.9 Å². The highest BCUT2D eigenvalue weighted by atomic mass is 32.2. The topological polar surface area (TPSA) is 85.1 Å². The van der Waals surface area contributed by atoms with Crippen LogP contribution < -0.4 is 4.72 Å². The van der Waals surface area contributed by atoms with Crippen molar-refractivity contribution in [2.75, 3.05) is 0 Å². The summed E-state index contributed by atoms with van der Waals surface area (Å²) in [7, 11) is -3.81. The SMILES string of the molecule is Cc1noc(C)c1S(=O)(=O)NCc1ncccc1F. The summed E-state index contributed by atoms with van der Waals surface area (Å²) in [5, 5.41) is 3.57. The molecular formula is C11H12FN3O3S. The van der Waals surface area contributed by atoms with Crippen molar-refractivity contribution in [1.29, 1.82) is 0 Å². The average Bonchev–Trinajstić information content (AvgIpc) is 2.69. The van der Waals surface area contributed by atoms with E-state index in [0.29, 0.717) is 0 Å². The molecule has 0 radical (unpaired) electrons. The third kappa shape index (κ3) is 2.79. The maximum atomic E-state index is 13.3. The molecule has 0 aliphatic heterocycles. The van der Waals surface area contributed by atoms with Crippen molar-refractivity contribution < 1.29 is 17.3 Å². The second kappa shape index (κ2) is 5.06. The molecule has 102 valence electrons. The highest BCUT2D eigenvalue weighted by Gasteiger charge is 2.24. The number of aromatic nitrogens is 2. The Labute approximate surface area is 109 Å². The van der Waals surface area contributed by atoms with Crippen molar-refractivity contribution in [3.8, 4) is 0 Å². The zero-order valence-electron chi connectivity index (χ0n) is 10.3. The fourth-order valence-corrected chi connectivity index (χ4v) is 2.96. The van der Waals surface area contributed by atoms with E-state index in [-0.39, 0.29) is 28.6 Å². The van der Waals surface area contributed by atoms with Crippen LogP contribution in [0.15, 0.2) is 27.7 Å². The first-order valence-electron chi connectivity index (χ1n) is 5.44. The molecule has 0 amide bonds. The maximum absolute atomic E-state index is 13.3. The molecular weight excluding hydrogens is 273 g/mol. The molecule has 0 saturated carbocycles. The van der Waals surface area contributed by atoms with Crippen molar-refractivity contribution in [3.05, 3.63) is 41.3 Å². The molecule has 8 heteroatoms. The number of hydrogen-bond donors (Lipinski definition) is 1. The molecule has 0 unspecified atom stereocenters. The number of rotatable bonds is 4. The van der Waals surface area contributed by atoms with Crippen LogP contribution in [0, 0.1) is 19.7 Å². The largest absolute Gasteiger partial charge is 0.360 e. The molecule has 0 aliphatic carbocycles. The lowest BCUT2D eigenvalue weighted by Crippen LogP contribution is -2.25. The molecule has 2 aromatic heterocycles. The molecule has 6 nitrogen and oxygen atoms in total. The molecule has 0 spiro atoms. The van der Waals surface area contributed by atoms with Gasteiger partial charge in [-0.05, 0) is 26.0 Å². The monoisotopic (exact) mass is 285 g/mol. The Morgan fingerprint density at radius 2 is 2.16 bits per heavy atom. The van der Waals surface area contributed by atoms with Crippen molar-refractivity contribution in [2.45, 2.75) is 25.3 Å². The summed E-state index contributed by atoms with van der Waals surface area (Å²) in [6.45, 7) is 2.78. The summed E-state index contributed by atoms with van der Waals surface area (Å²) in [5.41, 5.74) is 0.282. The molecule has 2 heterocycles. The highest BCUT2D eigenvalue weighted by molar-refractivity contribution is 7.89. The van der Waals surface area contributed by atoms with Gasteiger partial charge in [0.05, 0.1) is 12.2 Å². The Hall–Kier alpha value is -1.80. The van der Waals surface area contributed by atoms with Crippen molar-refractivity contribution in [2.24, 2.45) is 0 Å². The summed E-state index contributed by atoms with van der Waals surface area (Å²) in [4.78, 5) is 3.74. The molecule has 0 atom stereocenters. The van der Waals surface area contributed by atoms with Gasteiger partial charge in [0.25, 0.3) is 0 Å². The zero-order valence-corrected chi connectivity index (χ0v) is 11.2. The van der Waals surface area contributed by atoms with Crippen LogP contribution in [0.5, 0.6) is 0 Å². The second-order valence-electron chi connectivity index (χ2n) is 3.91.